The zero-order valence-electron chi connectivity index (χ0n) is 12.0. The summed E-state index contributed by atoms with van der Waals surface area (Å²) < 4.78 is 5.76. The molecule has 3 nitrogen and oxygen atoms in total. The number of anilines is 2. The van der Waals surface area contributed by atoms with Gasteiger partial charge in [0.25, 0.3) is 0 Å². The Morgan fingerprint density at radius 3 is 2.67 bits per heavy atom. The van der Waals surface area contributed by atoms with E-state index >= 15 is 0 Å². The van der Waals surface area contributed by atoms with E-state index in [1.165, 1.54) is 5.56 Å². The summed E-state index contributed by atoms with van der Waals surface area (Å²) in [6.45, 7) is 4.62. The zero-order valence-corrected chi connectivity index (χ0v) is 12.8. The summed E-state index contributed by atoms with van der Waals surface area (Å²) in [4.78, 5) is 0. The first-order valence-electron chi connectivity index (χ1n) is 7.18. The second-order valence-electron chi connectivity index (χ2n) is 5.24. The van der Waals surface area contributed by atoms with E-state index in [2.05, 4.69) is 34.9 Å². The van der Waals surface area contributed by atoms with Crippen molar-refractivity contribution in [2.45, 2.75) is 13.0 Å². The number of para-hydroxylation sites is 1. The number of rotatable bonds is 3. The lowest BCUT2D eigenvalue weighted by Gasteiger charge is -2.24. The Hall–Kier alpha value is -1.55. The molecule has 1 atom stereocenters. The minimum Gasteiger partial charge on any atom is -0.371 e. The third kappa shape index (κ3) is 3.38. The maximum atomic E-state index is 6.24. The third-order valence-corrected chi connectivity index (χ3v) is 4.02. The van der Waals surface area contributed by atoms with Gasteiger partial charge in [0, 0.05) is 18.8 Å². The molecule has 1 aliphatic rings. The van der Waals surface area contributed by atoms with Gasteiger partial charge in [0.15, 0.2) is 0 Å². The van der Waals surface area contributed by atoms with Gasteiger partial charge in [-0.05, 0) is 36.2 Å². The molecule has 1 fully saturated rings. The molecule has 0 aromatic heterocycles. The Balaban J connectivity index is 1.75. The van der Waals surface area contributed by atoms with Gasteiger partial charge in [-0.3, -0.25) is 0 Å². The Kier molecular flexibility index (Phi) is 4.44. The molecule has 2 aromatic rings. The number of halogens is 1. The van der Waals surface area contributed by atoms with Crippen LogP contribution in [0, 0.1) is 6.92 Å². The lowest BCUT2D eigenvalue weighted by Crippen LogP contribution is -2.33. The van der Waals surface area contributed by atoms with E-state index in [0.717, 1.165) is 41.7 Å². The predicted octanol–water partition coefficient (Wildman–Crippen LogP) is 4.05. The average Bonchev–Trinajstić information content (AvgIpc) is 2.53. The summed E-state index contributed by atoms with van der Waals surface area (Å²) in [5, 5.41) is 7.46. The third-order valence-electron chi connectivity index (χ3n) is 3.70. The summed E-state index contributed by atoms with van der Waals surface area (Å²) in [5.74, 6) is 0. The first kappa shape index (κ1) is 14.4. The molecular weight excluding hydrogens is 284 g/mol. The lowest BCUT2D eigenvalue weighted by molar-refractivity contribution is 0.0277. The molecule has 1 aliphatic heterocycles. The molecule has 4 heteroatoms. The Bertz CT molecular complexity index is 586. The van der Waals surface area contributed by atoms with Gasteiger partial charge >= 0.3 is 0 Å². The Morgan fingerprint density at radius 1 is 1.19 bits per heavy atom. The quantitative estimate of drug-likeness (QED) is 0.897. The van der Waals surface area contributed by atoms with Crippen LogP contribution >= 0.6 is 11.6 Å². The second-order valence-corrected chi connectivity index (χ2v) is 5.65. The smallest absolute Gasteiger partial charge is 0.0949 e. The molecule has 0 radical (unpaired) electrons. The fourth-order valence-electron chi connectivity index (χ4n) is 2.50. The van der Waals surface area contributed by atoms with Crippen molar-refractivity contribution in [3.8, 4) is 0 Å². The van der Waals surface area contributed by atoms with E-state index in [1.54, 1.807) is 0 Å². The van der Waals surface area contributed by atoms with Crippen LogP contribution in [0.5, 0.6) is 0 Å². The van der Waals surface area contributed by atoms with E-state index in [-0.39, 0.29) is 6.10 Å². The number of ether oxygens (including phenoxy) is 1. The molecule has 2 N–H and O–H groups in total. The zero-order chi connectivity index (χ0) is 14.7. The highest BCUT2D eigenvalue weighted by atomic mass is 35.5. The van der Waals surface area contributed by atoms with Crippen molar-refractivity contribution in [1.29, 1.82) is 0 Å². The van der Waals surface area contributed by atoms with Crippen LogP contribution < -0.4 is 10.6 Å². The molecule has 1 heterocycles. The average molecular weight is 303 g/mol. The molecule has 0 aliphatic carbocycles. The standard InChI is InChI=1S/C17H19ClN2O/c1-12-3-2-4-15(18)17(12)20-14-7-5-13(6-8-14)16-11-19-9-10-21-16/h2-8,16,19-20H,9-11H2,1H3. The van der Waals surface area contributed by atoms with Crippen molar-refractivity contribution in [1.82, 2.24) is 5.32 Å². The van der Waals surface area contributed by atoms with Gasteiger partial charge in [0.1, 0.15) is 0 Å². The van der Waals surface area contributed by atoms with Gasteiger partial charge in [-0.15, -0.1) is 0 Å². The second kappa shape index (κ2) is 6.48. The number of aryl methyl sites for hydroxylation is 1. The molecule has 21 heavy (non-hydrogen) atoms. The van der Waals surface area contributed by atoms with Crippen LogP contribution in [0.3, 0.4) is 0 Å². The molecule has 0 bridgehead atoms. The van der Waals surface area contributed by atoms with Gasteiger partial charge < -0.3 is 15.4 Å². The number of benzene rings is 2. The van der Waals surface area contributed by atoms with E-state index in [9.17, 15) is 0 Å². The largest absolute Gasteiger partial charge is 0.371 e. The number of morpholine rings is 1. The summed E-state index contributed by atoms with van der Waals surface area (Å²) in [6, 6.07) is 14.2. The maximum absolute atomic E-state index is 6.24. The number of hydrogen-bond acceptors (Lipinski definition) is 3. The van der Waals surface area contributed by atoms with E-state index in [1.807, 2.05) is 25.1 Å². The normalized spacial score (nSPS) is 18.5. The molecule has 1 saturated heterocycles. The highest BCUT2D eigenvalue weighted by Gasteiger charge is 2.15. The SMILES string of the molecule is Cc1cccc(Cl)c1Nc1ccc(C2CNCCO2)cc1. The number of hydrogen-bond donors (Lipinski definition) is 2. The Morgan fingerprint density at radius 2 is 2.00 bits per heavy atom. The summed E-state index contributed by atoms with van der Waals surface area (Å²) in [5.41, 5.74) is 4.32. The fourth-order valence-corrected chi connectivity index (χ4v) is 2.76. The van der Waals surface area contributed by atoms with Crippen LogP contribution in [0.1, 0.15) is 17.2 Å². The van der Waals surface area contributed by atoms with E-state index in [4.69, 9.17) is 16.3 Å². The van der Waals surface area contributed by atoms with E-state index < -0.39 is 0 Å². The van der Waals surface area contributed by atoms with Gasteiger partial charge in [-0.2, -0.15) is 0 Å². The van der Waals surface area contributed by atoms with E-state index in [0.29, 0.717) is 0 Å². The van der Waals surface area contributed by atoms with Crippen molar-refractivity contribution in [2.24, 2.45) is 0 Å². The van der Waals surface area contributed by atoms with Crippen LogP contribution in [0.4, 0.5) is 11.4 Å². The fraction of sp³-hybridized carbons (Fsp3) is 0.294. The minimum atomic E-state index is 0.148. The van der Waals surface area contributed by atoms with Crippen molar-refractivity contribution in [3.63, 3.8) is 0 Å². The molecule has 0 saturated carbocycles. The minimum absolute atomic E-state index is 0.148. The van der Waals surface area contributed by atoms with Crippen LogP contribution in [0.2, 0.25) is 5.02 Å². The van der Waals surface area contributed by atoms with Gasteiger partial charge in [-0.1, -0.05) is 35.9 Å². The maximum Gasteiger partial charge on any atom is 0.0949 e. The van der Waals surface area contributed by atoms with Crippen molar-refractivity contribution < 1.29 is 4.74 Å². The lowest BCUT2D eigenvalue weighted by atomic mass is 10.1. The van der Waals surface area contributed by atoms with Gasteiger partial charge in [0.05, 0.1) is 23.4 Å². The molecule has 0 spiro atoms. The van der Waals surface area contributed by atoms with Crippen LogP contribution in [-0.4, -0.2) is 19.7 Å². The Labute approximate surface area is 130 Å². The van der Waals surface area contributed by atoms with Crippen molar-refractivity contribution in [2.75, 3.05) is 25.0 Å². The van der Waals surface area contributed by atoms with Crippen LogP contribution in [0.15, 0.2) is 42.5 Å². The van der Waals surface area contributed by atoms with Gasteiger partial charge in [-0.25, -0.2) is 0 Å². The van der Waals surface area contributed by atoms with Gasteiger partial charge in [0.2, 0.25) is 0 Å². The number of nitrogens with one attached hydrogen (secondary N) is 2. The summed E-state index contributed by atoms with van der Waals surface area (Å²) in [7, 11) is 0. The first-order valence-corrected chi connectivity index (χ1v) is 7.56. The van der Waals surface area contributed by atoms with Crippen LogP contribution in [0.25, 0.3) is 0 Å². The first-order chi connectivity index (χ1) is 10.2. The topological polar surface area (TPSA) is 33.3 Å². The summed E-state index contributed by atoms with van der Waals surface area (Å²) in [6.07, 6.45) is 0.148. The molecular formula is C17H19ClN2O. The van der Waals surface area contributed by atoms with Crippen molar-refractivity contribution >= 4 is 23.0 Å². The molecule has 1 unspecified atom stereocenters. The molecule has 2 aromatic carbocycles. The summed E-state index contributed by atoms with van der Waals surface area (Å²) >= 11 is 6.24. The van der Waals surface area contributed by atoms with Crippen LogP contribution in [-0.2, 0) is 4.74 Å². The highest BCUT2D eigenvalue weighted by Crippen LogP contribution is 2.29. The monoisotopic (exact) mass is 302 g/mol. The molecule has 3 rings (SSSR count). The predicted molar refractivity (Wildman–Crippen MR) is 87.5 cm³/mol. The molecule has 110 valence electrons. The highest BCUT2D eigenvalue weighted by molar-refractivity contribution is 6.33. The van der Waals surface area contributed by atoms with Crippen molar-refractivity contribution in [3.05, 3.63) is 58.6 Å². The molecule has 0 amide bonds.